The summed E-state index contributed by atoms with van der Waals surface area (Å²) in [6.07, 6.45) is 5.72. The van der Waals surface area contributed by atoms with Crippen LogP contribution in [-0.2, 0) is 11.3 Å². The smallest absolute Gasteiger partial charge is 0.233 e. The topological polar surface area (TPSA) is 62.9 Å². The van der Waals surface area contributed by atoms with Gasteiger partial charge in [-0.25, -0.2) is 9.97 Å². The molecule has 0 bridgehead atoms. The van der Waals surface area contributed by atoms with Crippen LogP contribution in [-0.4, -0.2) is 56.3 Å². The van der Waals surface area contributed by atoms with Crippen LogP contribution in [0.1, 0.15) is 12.6 Å². The van der Waals surface area contributed by atoms with Crippen LogP contribution in [0.5, 0.6) is 0 Å². The molecule has 1 N–H and O–H groups in total. The zero-order valence-electron chi connectivity index (χ0n) is 10.9. The predicted octanol–water partition coefficient (Wildman–Crippen LogP) is 0.311. The fraction of sp³-hybridized carbons (Fsp3) is 0.538. The van der Waals surface area contributed by atoms with Gasteiger partial charge >= 0.3 is 0 Å². The standard InChI is InChI=1S/C13H18N4O2/c1-10-5-16(8-12(9-18)19-10)6-11-7-17-4-2-3-14-13(17)15-11/h2-4,7,10,12,18H,5-6,8-9H2,1H3. The van der Waals surface area contributed by atoms with Crippen LogP contribution in [0.3, 0.4) is 0 Å². The maximum atomic E-state index is 9.23. The lowest BCUT2D eigenvalue weighted by Gasteiger charge is -2.35. The van der Waals surface area contributed by atoms with Gasteiger partial charge in [-0.15, -0.1) is 0 Å². The van der Waals surface area contributed by atoms with Crippen LogP contribution < -0.4 is 0 Å². The molecule has 19 heavy (non-hydrogen) atoms. The quantitative estimate of drug-likeness (QED) is 0.862. The van der Waals surface area contributed by atoms with Gasteiger partial charge in [0, 0.05) is 38.2 Å². The highest BCUT2D eigenvalue weighted by Gasteiger charge is 2.25. The zero-order valence-corrected chi connectivity index (χ0v) is 10.9. The summed E-state index contributed by atoms with van der Waals surface area (Å²) >= 11 is 0. The first-order valence-corrected chi connectivity index (χ1v) is 6.52. The van der Waals surface area contributed by atoms with Gasteiger partial charge in [0.05, 0.1) is 24.5 Å². The highest BCUT2D eigenvalue weighted by atomic mass is 16.5. The molecular formula is C13H18N4O2. The van der Waals surface area contributed by atoms with Crippen molar-refractivity contribution >= 4 is 5.78 Å². The van der Waals surface area contributed by atoms with E-state index in [0.29, 0.717) is 0 Å². The molecule has 0 saturated carbocycles. The first-order chi connectivity index (χ1) is 9.24. The maximum Gasteiger partial charge on any atom is 0.233 e. The highest BCUT2D eigenvalue weighted by Crippen LogP contribution is 2.14. The third kappa shape index (κ3) is 2.75. The van der Waals surface area contributed by atoms with E-state index in [4.69, 9.17) is 4.74 Å². The van der Waals surface area contributed by atoms with Crippen molar-refractivity contribution in [2.24, 2.45) is 0 Å². The Kier molecular flexibility index (Phi) is 3.46. The molecule has 2 aromatic rings. The molecule has 1 aliphatic heterocycles. The first-order valence-electron chi connectivity index (χ1n) is 6.52. The number of morpholine rings is 1. The molecule has 1 saturated heterocycles. The lowest BCUT2D eigenvalue weighted by molar-refractivity contribution is -0.0974. The van der Waals surface area contributed by atoms with Crippen LogP contribution in [0.15, 0.2) is 24.7 Å². The molecule has 0 spiro atoms. The molecular weight excluding hydrogens is 244 g/mol. The van der Waals surface area contributed by atoms with E-state index < -0.39 is 0 Å². The molecule has 2 atom stereocenters. The number of fused-ring (bicyclic) bond motifs is 1. The number of aromatic nitrogens is 3. The highest BCUT2D eigenvalue weighted by molar-refractivity contribution is 5.29. The Morgan fingerprint density at radius 1 is 1.47 bits per heavy atom. The third-order valence-corrected chi connectivity index (χ3v) is 3.28. The summed E-state index contributed by atoms with van der Waals surface area (Å²) in [7, 11) is 0. The van der Waals surface area contributed by atoms with Gasteiger partial charge in [-0.3, -0.25) is 9.30 Å². The van der Waals surface area contributed by atoms with Gasteiger partial charge in [0.2, 0.25) is 5.78 Å². The number of ether oxygens (including phenoxy) is 1. The monoisotopic (exact) mass is 262 g/mol. The molecule has 102 valence electrons. The van der Waals surface area contributed by atoms with Crippen LogP contribution in [0.4, 0.5) is 0 Å². The summed E-state index contributed by atoms with van der Waals surface area (Å²) in [5.74, 6) is 0.720. The van der Waals surface area contributed by atoms with Gasteiger partial charge in [0.25, 0.3) is 0 Å². The molecule has 6 heteroatoms. The fourth-order valence-corrected chi connectivity index (χ4v) is 2.56. The Bertz CT molecular complexity index is 523. The van der Waals surface area contributed by atoms with Crippen molar-refractivity contribution in [3.05, 3.63) is 30.4 Å². The number of imidazole rings is 1. The summed E-state index contributed by atoms with van der Waals surface area (Å²) in [6, 6.07) is 1.89. The van der Waals surface area contributed by atoms with Crippen molar-refractivity contribution in [3.8, 4) is 0 Å². The Hall–Kier alpha value is -1.50. The average molecular weight is 262 g/mol. The maximum absolute atomic E-state index is 9.23. The molecule has 2 unspecified atom stereocenters. The van der Waals surface area contributed by atoms with Crippen molar-refractivity contribution in [1.82, 2.24) is 19.3 Å². The number of nitrogens with zero attached hydrogens (tertiary/aromatic N) is 4. The lowest BCUT2D eigenvalue weighted by atomic mass is 10.2. The Morgan fingerprint density at radius 2 is 2.37 bits per heavy atom. The van der Waals surface area contributed by atoms with E-state index in [2.05, 4.69) is 14.9 Å². The number of hydrogen-bond acceptors (Lipinski definition) is 5. The summed E-state index contributed by atoms with van der Waals surface area (Å²) in [5.41, 5.74) is 0.990. The van der Waals surface area contributed by atoms with Gasteiger partial charge in [-0.05, 0) is 13.0 Å². The van der Waals surface area contributed by atoms with E-state index in [1.807, 2.05) is 29.8 Å². The van der Waals surface area contributed by atoms with Crippen molar-refractivity contribution in [2.45, 2.75) is 25.7 Å². The van der Waals surface area contributed by atoms with Crippen LogP contribution in [0, 0.1) is 0 Å². The minimum atomic E-state index is -0.0982. The molecule has 0 aliphatic carbocycles. The van der Waals surface area contributed by atoms with Crippen molar-refractivity contribution < 1.29 is 9.84 Å². The van der Waals surface area contributed by atoms with E-state index in [0.717, 1.165) is 31.1 Å². The van der Waals surface area contributed by atoms with Gasteiger partial charge in [-0.1, -0.05) is 0 Å². The van der Waals surface area contributed by atoms with Crippen LogP contribution in [0.25, 0.3) is 5.78 Å². The number of hydrogen-bond donors (Lipinski definition) is 1. The number of aliphatic hydroxyl groups is 1. The van der Waals surface area contributed by atoms with Crippen LogP contribution >= 0.6 is 0 Å². The van der Waals surface area contributed by atoms with Gasteiger partial charge in [0.15, 0.2) is 0 Å². The fourth-order valence-electron chi connectivity index (χ4n) is 2.56. The number of rotatable bonds is 3. The van der Waals surface area contributed by atoms with Gasteiger partial charge in [0.1, 0.15) is 0 Å². The number of aliphatic hydroxyl groups excluding tert-OH is 1. The normalized spacial score (nSPS) is 24.9. The molecule has 2 aromatic heterocycles. The molecule has 6 nitrogen and oxygen atoms in total. The van der Waals surface area contributed by atoms with E-state index in [9.17, 15) is 5.11 Å². The molecule has 0 radical (unpaired) electrons. The molecule has 0 amide bonds. The second-order valence-electron chi connectivity index (χ2n) is 5.00. The van der Waals surface area contributed by atoms with Gasteiger partial charge < -0.3 is 9.84 Å². The first kappa shape index (κ1) is 12.5. The Labute approximate surface area is 111 Å². The molecule has 0 aromatic carbocycles. The molecule has 3 rings (SSSR count). The Morgan fingerprint density at radius 3 is 3.16 bits per heavy atom. The molecule has 1 fully saturated rings. The van der Waals surface area contributed by atoms with Crippen molar-refractivity contribution in [3.63, 3.8) is 0 Å². The van der Waals surface area contributed by atoms with Crippen LogP contribution in [0.2, 0.25) is 0 Å². The van der Waals surface area contributed by atoms with E-state index in [-0.39, 0.29) is 18.8 Å². The minimum absolute atomic E-state index is 0.0631. The summed E-state index contributed by atoms with van der Waals surface area (Å²) in [5, 5.41) is 9.23. The predicted molar refractivity (Wildman–Crippen MR) is 69.7 cm³/mol. The second kappa shape index (κ2) is 5.24. The summed E-state index contributed by atoms with van der Waals surface area (Å²) in [6.45, 7) is 4.45. The SMILES string of the molecule is CC1CN(Cc2cn3cccnc3n2)CC(CO)O1. The lowest BCUT2D eigenvalue weighted by Crippen LogP contribution is -2.47. The third-order valence-electron chi connectivity index (χ3n) is 3.28. The van der Waals surface area contributed by atoms with Crippen molar-refractivity contribution in [1.29, 1.82) is 0 Å². The second-order valence-corrected chi connectivity index (χ2v) is 5.00. The minimum Gasteiger partial charge on any atom is -0.394 e. The average Bonchev–Trinajstić information content (AvgIpc) is 2.80. The summed E-state index contributed by atoms with van der Waals surface area (Å²) < 4.78 is 7.55. The molecule has 1 aliphatic rings. The molecule has 3 heterocycles. The summed E-state index contributed by atoms with van der Waals surface area (Å²) in [4.78, 5) is 11.0. The van der Waals surface area contributed by atoms with Gasteiger partial charge in [-0.2, -0.15) is 0 Å². The van der Waals surface area contributed by atoms with E-state index >= 15 is 0 Å². The van der Waals surface area contributed by atoms with E-state index in [1.165, 1.54) is 0 Å². The zero-order chi connectivity index (χ0) is 13.2. The largest absolute Gasteiger partial charge is 0.394 e. The van der Waals surface area contributed by atoms with Crippen molar-refractivity contribution in [2.75, 3.05) is 19.7 Å². The van der Waals surface area contributed by atoms with E-state index in [1.54, 1.807) is 6.20 Å². The Balaban J connectivity index is 1.73.